The molecule has 1 rings (SSSR count). The topological polar surface area (TPSA) is 72.2 Å². The van der Waals surface area contributed by atoms with Crippen molar-refractivity contribution in [3.63, 3.8) is 0 Å². The monoisotopic (exact) mass is 284 g/mol. The molecule has 0 aliphatic rings. The van der Waals surface area contributed by atoms with Gasteiger partial charge in [0, 0.05) is 17.6 Å². The van der Waals surface area contributed by atoms with E-state index >= 15 is 0 Å². The predicted octanol–water partition coefficient (Wildman–Crippen LogP) is 3.41. The van der Waals surface area contributed by atoms with Gasteiger partial charge in [0.25, 0.3) is 11.6 Å². The highest BCUT2D eigenvalue weighted by molar-refractivity contribution is 6.31. The molecule has 1 aromatic carbocycles. The third-order valence-electron chi connectivity index (χ3n) is 2.56. The van der Waals surface area contributed by atoms with Gasteiger partial charge in [0.2, 0.25) is 0 Å². The standard InChI is InChI=1S/C13H17ClN2O3/c1-13(2,3)6-7-15-12(17)10-8-9(14)4-5-11(10)16(18)19/h4-5,8H,6-7H2,1-3H3,(H,15,17). The summed E-state index contributed by atoms with van der Waals surface area (Å²) in [6.45, 7) is 6.63. The van der Waals surface area contributed by atoms with Crippen molar-refractivity contribution in [2.24, 2.45) is 5.41 Å². The molecule has 0 unspecified atom stereocenters. The molecule has 0 aromatic heterocycles. The Kier molecular flexibility index (Phi) is 4.89. The number of hydrogen-bond donors (Lipinski definition) is 1. The van der Waals surface area contributed by atoms with Crippen LogP contribution < -0.4 is 5.32 Å². The minimum Gasteiger partial charge on any atom is -0.352 e. The number of hydrogen-bond acceptors (Lipinski definition) is 3. The molecular weight excluding hydrogens is 268 g/mol. The minimum absolute atomic E-state index is 0.00795. The van der Waals surface area contributed by atoms with Crippen molar-refractivity contribution < 1.29 is 9.72 Å². The summed E-state index contributed by atoms with van der Waals surface area (Å²) in [5.74, 6) is -0.474. The number of carbonyl (C=O) groups is 1. The molecule has 0 aliphatic carbocycles. The van der Waals surface area contributed by atoms with E-state index in [1.165, 1.54) is 18.2 Å². The zero-order valence-corrected chi connectivity index (χ0v) is 12.0. The summed E-state index contributed by atoms with van der Waals surface area (Å²) in [5, 5.41) is 13.8. The van der Waals surface area contributed by atoms with E-state index in [1.54, 1.807) is 0 Å². The molecule has 104 valence electrons. The average Bonchev–Trinajstić information content (AvgIpc) is 2.26. The molecule has 0 radical (unpaired) electrons. The number of nitro groups is 1. The highest BCUT2D eigenvalue weighted by Gasteiger charge is 2.20. The van der Waals surface area contributed by atoms with Crippen molar-refractivity contribution >= 4 is 23.2 Å². The number of nitrogens with zero attached hydrogens (tertiary/aromatic N) is 1. The number of benzene rings is 1. The first-order valence-electron chi connectivity index (χ1n) is 5.93. The lowest BCUT2D eigenvalue weighted by Gasteiger charge is -2.18. The molecule has 0 fully saturated rings. The second kappa shape index (κ2) is 6.02. The average molecular weight is 285 g/mol. The molecule has 5 nitrogen and oxygen atoms in total. The quantitative estimate of drug-likeness (QED) is 0.680. The molecule has 0 spiro atoms. The van der Waals surface area contributed by atoms with Gasteiger partial charge in [-0.15, -0.1) is 0 Å². The van der Waals surface area contributed by atoms with E-state index in [9.17, 15) is 14.9 Å². The number of nitrogens with one attached hydrogen (secondary N) is 1. The van der Waals surface area contributed by atoms with E-state index in [1.807, 2.05) is 0 Å². The predicted molar refractivity (Wildman–Crippen MR) is 74.5 cm³/mol. The summed E-state index contributed by atoms with van der Waals surface area (Å²) in [4.78, 5) is 22.2. The Morgan fingerprint density at radius 1 is 1.42 bits per heavy atom. The number of carbonyl (C=O) groups excluding carboxylic acids is 1. The van der Waals surface area contributed by atoms with Crippen LogP contribution in [-0.2, 0) is 0 Å². The molecule has 6 heteroatoms. The minimum atomic E-state index is -0.588. The van der Waals surface area contributed by atoms with Gasteiger partial charge in [-0.1, -0.05) is 32.4 Å². The van der Waals surface area contributed by atoms with Crippen LogP contribution in [0, 0.1) is 15.5 Å². The Balaban J connectivity index is 2.81. The zero-order valence-electron chi connectivity index (χ0n) is 11.2. The lowest BCUT2D eigenvalue weighted by molar-refractivity contribution is -0.385. The van der Waals surface area contributed by atoms with Gasteiger partial charge in [-0.05, 0) is 24.0 Å². The summed E-state index contributed by atoms with van der Waals surface area (Å²) < 4.78 is 0. The Labute approximate surface area is 117 Å². The molecule has 0 atom stereocenters. The van der Waals surface area contributed by atoms with E-state index in [4.69, 9.17) is 11.6 Å². The molecule has 0 bridgehead atoms. The zero-order chi connectivity index (χ0) is 14.6. The molecule has 0 heterocycles. The number of halogens is 1. The molecule has 0 saturated heterocycles. The van der Waals surface area contributed by atoms with Crippen molar-refractivity contribution in [3.05, 3.63) is 38.9 Å². The lowest BCUT2D eigenvalue weighted by Crippen LogP contribution is -2.27. The van der Waals surface area contributed by atoms with E-state index < -0.39 is 10.8 Å². The van der Waals surface area contributed by atoms with Gasteiger partial charge in [-0.25, -0.2) is 0 Å². The van der Waals surface area contributed by atoms with Gasteiger partial charge < -0.3 is 5.32 Å². The van der Waals surface area contributed by atoms with Gasteiger partial charge in [0.05, 0.1) is 4.92 Å². The molecule has 0 saturated carbocycles. The van der Waals surface area contributed by atoms with Crippen LogP contribution >= 0.6 is 11.6 Å². The number of amides is 1. The summed E-state index contributed by atoms with van der Waals surface area (Å²) in [6, 6.07) is 3.94. The Morgan fingerprint density at radius 3 is 2.58 bits per heavy atom. The number of rotatable bonds is 4. The maximum absolute atomic E-state index is 11.9. The first-order valence-corrected chi connectivity index (χ1v) is 6.30. The molecule has 0 aliphatic heterocycles. The van der Waals surface area contributed by atoms with Crippen LogP contribution in [0.1, 0.15) is 37.6 Å². The van der Waals surface area contributed by atoms with Crippen LogP contribution in [0.15, 0.2) is 18.2 Å². The molecular formula is C13H17ClN2O3. The maximum atomic E-state index is 11.9. The van der Waals surface area contributed by atoms with Crippen LogP contribution in [0.3, 0.4) is 0 Å². The molecule has 1 N–H and O–H groups in total. The van der Waals surface area contributed by atoms with Gasteiger partial charge in [-0.3, -0.25) is 14.9 Å². The Bertz CT molecular complexity index is 495. The lowest BCUT2D eigenvalue weighted by atomic mass is 9.92. The molecule has 1 amide bonds. The summed E-state index contributed by atoms with van der Waals surface area (Å²) in [7, 11) is 0. The summed E-state index contributed by atoms with van der Waals surface area (Å²) >= 11 is 5.77. The Hall–Kier alpha value is -1.62. The number of nitro benzene ring substituents is 1. The first-order chi connectivity index (χ1) is 8.70. The van der Waals surface area contributed by atoms with Gasteiger partial charge in [-0.2, -0.15) is 0 Å². The van der Waals surface area contributed by atoms with Crippen LogP contribution in [0.2, 0.25) is 5.02 Å². The van der Waals surface area contributed by atoms with Crippen LogP contribution in [0.25, 0.3) is 0 Å². The fraction of sp³-hybridized carbons (Fsp3) is 0.462. The van der Waals surface area contributed by atoms with Crippen LogP contribution in [-0.4, -0.2) is 17.4 Å². The highest BCUT2D eigenvalue weighted by Crippen LogP contribution is 2.23. The van der Waals surface area contributed by atoms with E-state index in [0.29, 0.717) is 11.6 Å². The Morgan fingerprint density at radius 2 is 2.05 bits per heavy atom. The fourth-order valence-electron chi connectivity index (χ4n) is 1.50. The van der Waals surface area contributed by atoms with Gasteiger partial charge in [0.15, 0.2) is 0 Å². The maximum Gasteiger partial charge on any atom is 0.282 e. The fourth-order valence-corrected chi connectivity index (χ4v) is 1.67. The van der Waals surface area contributed by atoms with Crippen molar-refractivity contribution in [2.45, 2.75) is 27.2 Å². The van der Waals surface area contributed by atoms with Crippen molar-refractivity contribution in [3.8, 4) is 0 Å². The van der Waals surface area contributed by atoms with Crippen molar-refractivity contribution in [2.75, 3.05) is 6.54 Å². The SMILES string of the molecule is CC(C)(C)CCNC(=O)c1cc(Cl)ccc1[N+](=O)[O-]. The second-order valence-corrected chi connectivity index (χ2v) is 5.92. The van der Waals surface area contributed by atoms with Gasteiger partial charge in [0.1, 0.15) is 5.56 Å². The third kappa shape index (κ3) is 4.87. The second-order valence-electron chi connectivity index (χ2n) is 5.49. The summed E-state index contributed by atoms with van der Waals surface area (Å²) in [6.07, 6.45) is 0.785. The third-order valence-corrected chi connectivity index (χ3v) is 2.80. The van der Waals surface area contributed by atoms with E-state index in [-0.39, 0.29) is 16.7 Å². The summed E-state index contributed by atoms with van der Waals surface area (Å²) in [5.41, 5.74) is -0.155. The normalized spacial score (nSPS) is 11.2. The highest BCUT2D eigenvalue weighted by atomic mass is 35.5. The largest absolute Gasteiger partial charge is 0.352 e. The van der Waals surface area contributed by atoms with Crippen LogP contribution in [0.5, 0.6) is 0 Å². The molecule has 1 aromatic rings. The van der Waals surface area contributed by atoms with Crippen molar-refractivity contribution in [1.29, 1.82) is 0 Å². The van der Waals surface area contributed by atoms with E-state index in [2.05, 4.69) is 26.1 Å². The van der Waals surface area contributed by atoms with Gasteiger partial charge >= 0.3 is 0 Å². The molecule has 19 heavy (non-hydrogen) atoms. The first kappa shape index (κ1) is 15.4. The van der Waals surface area contributed by atoms with Crippen LogP contribution in [0.4, 0.5) is 5.69 Å². The van der Waals surface area contributed by atoms with Crippen molar-refractivity contribution in [1.82, 2.24) is 5.32 Å². The van der Waals surface area contributed by atoms with E-state index in [0.717, 1.165) is 6.42 Å². The smallest absolute Gasteiger partial charge is 0.282 e.